The Morgan fingerprint density at radius 2 is 1.96 bits per heavy atom. The molecule has 1 aromatic carbocycles. The number of nitrogens with zero attached hydrogens (tertiary/aromatic N) is 2. The van der Waals surface area contributed by atoms with Gasteiger partial charge in [0.1, 0.15) is 5.75 Å². The average molecular weight is 374 g/mol. The Bertz CT molecular complexity index is 705. The molecule has 134 valence electrons. The highest BCUT2D eigenvalue weighted by atomic mass is 35.5. The van der Waals surface area contributed by atoms with E-state index in [9.17, 15) is 8.42 Å². The summed E-state index contributed by atoms with van der Waals surface area (Å²) in [6.45, 7) is 6.77. The van der Waals surface area contributed by atoms with Crippen LogP contribution in [0.5, 0.6) is 5.75 Å². The van der Waals surface area contributed by atoms with Crippen LogP contribution in [-0.4, -0.2) is 70.0 Å². The van der Waals surface area contributed by atoms with E-state index in [1.807, 2.05) is 0 Å². The summed E-state index contributed by atoms with van der Waals surface area (Å²) in [5, 5.41) is 3.65. The van der Waals surface area contributed by atoms with Gasteiger partial charge in [0.05, 0.1) is 17.0 Å². The van der Waals surface area contributed by atoms with Crippen molar-refractivity contribution < 1.29 is 13.2 Å². The lowest BCUT2D eigenvalue weighted by Crippen LogP contribution is -2.49. The summed E-state index contributed by atoms with van der Waals surface area (Å²) in [5.41, 5.74) is 0.655. The number of methoxy groups -OCH3 is 1. The van der Waals surface area contributed by atoms with Gasteiger partial charge in [0.25, 0.3) is 0 Å². The third kappa shape index (κ3) is 3.41. The second-order valence-corrected chi connectivity index (χ2v) is 8.66. The van der Waals surface area contributed by atoms with Gasteiger partial charge in [0, 0.05) is 45.3 Å². The second kappa shape index (κ2) is 7.17. The molecule has 2 heterocycles. The zero-order chi connectivity index (χ0) is 17.3. The fourth-order valence-electron chi connectivity index (χ4n) is 3.48. The number of hydrogen-bond donors (Lipinski definition) is 1. The highest BCUT2D eigenvalue weighted by molar-refractivity contribution is 7.89. The third-order valence-electron chi connectivity index (χ3n) is 4.86. The van der Waals surface area contributed by atoms with Gasteiger partial charge < -0.3 is 10.1 Å². The molecule has 0 aliphatic carbocycles. The number of rotatable bonds is 4. The summed E-state index contributed by atoms with van der Waals surface area (Å²) in [7, 11) is -2.02. The van der Waals surface area contributed by atoms with E-state index in [0.717, 1.165) is 32.6 Å². The monoisotopic (exact) mass is 373 g/mol. The highest BCUT2D eigenvalue weighted by Gasteiger charge is 2.36. The second-order valence-electron chi connectivity index (χ2n) is 6.34. The number of ether oxygens (including phenoxy) is 1. The number of benzene rings is 1. The van der Waals surface area contributed by atoms with E-state index < -0.39 is 10.0 Å². The van der Waals surface area contributed by atoms with Crippen molar-refractivity contribution in [3.63, 3.8) is 0 Å². The number of hydrogen-bond acceptors (Lipinski definition) is 5. The van der Waals surface area contributed by atoms with Crippen molar-refractivity contribution >= 4 is 21.6 Å². The number of piperazine rings is 1. The molecule has 1 atom stereocenters. The molecular weight excluding hydrogens is 350 g/mol. The van der Waals surface area contributed by atoms with E-state index in [4.69, 9.17) is 16.3 Å². The first kappa shape index (κ1) is 17.9. The van der Waals surface area contributed by atoms with Crippen LogP contribution in [0.15, 0.2) is 17.0 Å². The topological polar surface area (TPSA) is 61.9 Å². The van der Waals surface area contributed by atoms with Gasteiger partial charge in [-0.1, -0.05) is 11.6 Å². The van der Waals surface area contributed by atoms with Crippen LogP contribution in [0.1, 0.15) is 12.0 Å². The smallest absolute Gasteiger partial charge is 0.243 e. The van der Waals surface area contributed by atoms with E-state index in [1.54, 1.807) is 17.3 Å². The number of halogens is 1. The lowest BCUT2D eigenvalue weighted by atomic mass is 10.2. The molecule has 0 radical (unpaired) electrons. The fraction of sp³-hybridized carbons (Fsp3) is 0.625. The summed E-state index contributed by atoms with van der Waals surface area (Å²) in [5.74, 6) is 0.494. The molecule has 0 amide bonds. The molecule has 2 saturated heterocycles. The van der Waals surface area contributed by atoms with Crippen molar-refractivity contribution in [2.24, 2.45) is 0 Å². The van der Waals surface area contributed by atoms with Gasteiger partial charge in [-0.3, -0.25) is 4.90 Å². The van der Waals surface area contributed by atoms with Crippen LogP contribution in [-0.2, 0) is 10.0 Å². The van der Waals surface area contributed by atoms with Crippen LogP contribution in [0.2, 0.25) is 5.02 Å². The zero-order valence-electron chi connectivity index (χ0n) is 14.1. The Balaban J connectivity index is 1.80. The summed E-state index contributed by atoms with van der Waals surface area (Å²) >= 11 is 6.14. The average Bonchev–Trinajstić information content (AvgIpc) is 3.08. The van der Waals surface area contributed by atoms with E-state index >= 15 is 0 Å². The predicted octanol–water partition coefficient (Wildman–Crippen LogP) is 1.33. The van der Waals surface area contributed by atoms with Crippen LogP contribution >= 0.6 is 11.6 Å². The fourth-order valence-corrected chi connectivity index (χ4v) is 5.51. The van der Waals surface area contributed by atoms with E-state index in [2.05, 4.69) is 10.2 Å². The largest absolute Gasteiger partial charge is 0.495 e. The van der Waals surface area contributed by atoms with Gasteiger partial charge in [0.2, 0.25) is 10.0 Å². The van der Waals surface area contributed by atoms with E-state index in [0.29, 0.717) is 35.5 Å². The van der Waals surface area contributed by atoms with Crippen molar-refractivity contribution in [2.45, 2.75) is 24.3 Å². The molecule has 24 heavy (non-hydrogen) atoms. The van der Waals surface area contributed by atoms with Crippen molar-refractivity contribution in [3.8, 4) is 5.75 Å². The van der Waals surface area contributed by atoms with Crippen LogP contribution < -0.4 is 10.1 Å². The SMILES string of the molecule is COc1cc(C)c(S(=O)(=O)N2CCC(N3CCNCC3)C2)cc1Cl. The van der Waals surface area contributed by atoms with Crippen molar-refractivity contribution in [1.82, 2.24) is 14.5 Å². The standard InChI is InChI=1S/C16H24ClN3O3S/c1-12-9-15(23-2)14(17)10-16(12)24(21,22)20-6-3-13(11-20)19-7-4-18-5-8-19/h9-10,13,18H,3-8,11H2,1-2H3. The minimum Gasteiger partial charge on any atom is -0.495 e. The molecule has 0 spiro atoms. The summed E-state index contributed by atoms with van der Waals surface area (Å²) in [4.78, 5) is 2.66. The van der Waals surface area contributed by atoms with Crippen LogP contribution in [0.4, 0.5) is 0 Å². The Labute approximate surface area is 148 Å². The Morgan fingerprint density at radius 3 is 2.62 bits per heavy atom. The third-order valence-corrected chi connectivity index (χ3v) is 7.16. The highest BCUT2D eigenvalue weighted by Crippen LogP contribution is 2.33. The predicted molar refractivity (Wildman–Crippen MR) is 94.3 cm³/mol. The zero-order valence-corrected chi connectivity index (χ0v) is 15.7. The Kier molecular flexibility index (Phi) is 5.36. The molecular formula is C16H24ClN3O3S. The van der Waals surface area contributed by atoms with E-state index in [-0.39, 0.29) is 4.90 Å². The van der Waals surface area contributed by atoms with Crippen LogP contribution in [0, 0.1) is 6.92 Å². The molecule has 1 unspecified atom stereocenters. The molecule has 8 heteroatoms. The van der Waals surface area contributed by atoms with E-state index in [1.165, 1.54) is 13.2 Å². The molecule has 0 saturated carbocycles. The van der Waals surface area contributed by atoms with Gasteiger partial charge in [-0.2, -0.15) is 4.31 Å². The molecule has 2 aliphatic rings. The quantitative estimate of drug-likeness (QED) is 0.862. The normalized spacial score (nSPS) is 23.5. The number of aryl methyl sites for hydroxylation is 1. The first-order valence-electron chi connectivity index (χ1n) is 8.22. The number of sulfonamides is 1. The molecule has 3 rings (SSSR count). The van der Waals surface area contributed by atoms with Gasteiger partial charge >= 0.3 is 0 Å². The maximum atomic E-state index is 13.0. The maximum Gasteiger partial charge on any atom is 0.243 e. The van der Waals surface area contributed by atoms with Crippen LogP contribution in [0.3, 0.4) is 0 Å². The molecule has 6 nitrogen and oxygen atoms in total. The number of nitrogens with one attached hydrogen (secondary N) is 1. The Hall–Kier alpha value is -0.860. The summed E-state index contributed by atoms with van der Waals surface area (Å²) < 4.78 is 32.8. The summed E-state index contributed by atoms with van der Waals surface area (Å²) in [6, 6.07) is 3.48. The minimum absolute atomic E-state index is 0.272. The molecule has 1 N–H and O–H groups in total. The lowest BCUT2D eigenvalue weighted by molar-refractivity contribution is 0.179. The molecule has 2 aliphatic heterocycles. The van der Waals surface area contributed by atoms with Gasteiger partial charge in [0.15, 0.2) is 0 Å². The molecule has 1 aromatic rings. The van der Waals surface area contributed by atoms with Crippen molar-refractivity contribution in [1.29, 1.82) is 0 Å². The molecule has 0 aromatic heterocycles. The van der Waals surface area contributed by atoms with Gasteiger partial charge in [-0.15, -0.1) is 0 Å². The first-order chi connectivity index (χ1) is 11.4. The van der Waals surface area contributed by atoms with Crippen LogP contribution in [0.25, 0.3) is 0 Å². The molecule has 2 fully saturated rings. The summed E-state index contributed by atoms with van der Waals surface area (Å²) in [6.07, 6.45) is 0.877. The maximum absolute atomic E-state index is 13.0. The Morgan fingerprint density at radius 1 is 1.25 bits per heavy atom. The minimum atomic E-state index is -3.54. The van der Waals surface area contributed by atoms with Gasteiger partial charge in [-0.05, 0) is 31.0 Å². The lowest BCUT2D eigenvalue weighted by Gasteiger charge is -2.32. The van der Waals surface area contributed by atoms with Gasteiger partial charge in [-0.25, -0.2) is 8.42 Å². The van der Waals surface area contributed by atoms with Crippen molar-refractivity contribution in [2.75, 3.05) is 46.4 Å². The first-order valence-corrected chi connectivity index (χ1v) is 10.0. The van der Waals surface area contributed by atoms with Crippen molar-refractivity contribution in [3.05, 3.63) is 22.7 Å². The molecule has 0 bridgehead atoms.